The lowest BCUT2D eigenvalue weighted by atomic mass is 10.1. The van der Waals surface area contributed by atoms with E-state index < -0.39 is 0 Å². The average molecular weight is 441 g/mol. The third-order valence-corrected chi connectivity index (χ3v) is 5.90. The largest absolute Gasteiger partial charge is 0.496 e. The monoisotopic (exact) mass is 440 g/mol. The number of benzene rings is 2. The lowest BCUT2D eigenvalue weighted by Gasteiger charge is -2.22. The molecule has 3 rings (SSSR count). The summed E-state index contributed by atoms with van der Waals surface area (Å²) in [5, 5.41) is 6.91. The smallest absolute Gasteiger partial charge is 0.191 e. The number of guanidine groups is 1. The molecule has 1 aliphatic heterocycles. The molecule has 0 bridgehead atoms. The molecule has 1 unspecified atom stereocenters. The van der Waals surface area contributed by atoms with E-state index in [-0.39, 0.29) is 6.04 Å². The molecule has 2 aromatic carbocycles. The minimum atomic E-state index is 0.133. The van der Waals surface area contributed by atoms with Crippen LogP contribution in [-0.2, 0) is 6.42 Å². The maximum Gasteiger partial charge on any atom is 0.191 e. The number of nitrogens with one attached hydrogen (secondary N) is 2. The highest BCUT2D eigenvalue weighted by Gasteiger charge is 2.16. The number of aliphatic imine (C=N–C) groups is 1. The first-order valence-electron chi connectivity index (χ1n) is 11.2. The Labute approximate surface area is 191 Å². The van der Waals surface area contributed by atoms with E-state index in [0.717, 1.165) is 42.5 Å². The molecule has 1 saturated heterocycles. The van der Waals surface area contributed by atoms with Gasteiger partial charge in [0.2, 0.25) is 0 Å². The van der Waals surface area contributed by atoms with Crippen molar-refractivity contribution >= 4 is 11.6 Å². The van der Waals surface area contributed by atoms with Crippen molar-refractivity contribution in [3.05, 3.63) is 47.5 Å². The molecule has 1 heterocycles. The molecule has 0 amide bonds. The highest BCUT2D eigenvalue weighted by Crippen LogP contribution is 2.34. The second kappa shape index (κ2) is 11.5. The van der Waals surface area contributed by atoms with Crippen molar-refractivity contribution in [2.24, 2.45) is 4.99 Å². The van der Waals surface area contributed by atoms with Crippen LogP contribution in [0.5, 0.6) is 17.2 Å². The van der Waals surface area contributed by atoms with Crippen molar-refractivity contribution in [1.29, 1.82) is 0 Å². The molecule has 2 aromatic rings. The topological polar surface area (TPSA) is 67.4 Å². The fourth-order valence-corrected chi connectivity index (χ4v) is 4.08. The van der Waals surface area contributed by atoms with Crippen LogP contribution in [0.25, 0.3) is 0 Å². The molecule has 7 nitrogen and oxygen atoms in total. The number of hydrogen-bond donors (Lipinski definition) is 2. The van der Waals surface area contributed by atoms with Gasteiger partial charge in [0.25, 0.3) is 0 Å². The second-order valence-corrected chi connectivity index (χ2v) is 7.91. The fourth-order valence-electron chi connectivity index (χ4n) is 4.08. The van der Waals surface area contributed by atoms with Crippen molar-refractivity contribution in [2.75, 3.05) is 52.9 Å². The first kappa shape index (κ1) is 23.6. The molecule has 0 spiro atoms. The van der Waals surface area contributed by atoms with Crippen LogP contribution in [-0.4, -0.2) is 54.0 Å². The number of rotatable bonds is 9. The molecule has 1 aliphatic rings. The van der Waals surface area contributed by atoms with E-state index in [2.05, 4.69) is 51.7 Å². The zero-order valence-electron chi connectivity index (χ0n) is 19.9. The highest BCUT2D eigenvalue weighted by molar-refractivity contribution is 5.80. The molecule has 1 fully saturated rings. The summed E-state index contributed by atoms with van der Waals surface area (Å²) in [5.74, 6) is 2.96. The standard InChI is InChI=1S/C25H36N4O3/c1-18(19-9-8-10-20(15-19)29-13-6-7-14-29)28-25(26-2)27-12-11-22-23(31-4)16-21(30-3)17-24(22)32-5/h8-10,15-18H,6-7,11-14H2,1-5H3,(H2,26,27,28). The van der Waals surface area contributed by atoms with Crippen LogP contribution in [0.4, 0.5) is 5.69 Å². The van der Waals surface area contributed by atoms with E-state index in [1.165, 1.54) is 24.1 Å². The van der Waals surface area contributed by atoms with E-state index in [9.17, 15) is 0 Å². The molecule has 0 radical (unpaired) electrons. The molecule has 0 aromatic heterocycles. The Bertz CT molecular complexity index is 885. The predicted octanol–water partition coefficient (Wildman–Crippen LogP) is 3.78. The molecule has 7 heteroatoms. The van der Waals surface area contributed by atoms with Crippen molar-refractivity contribution in [2.45, 2.75) is 32.2 Å². The van der Waals surface area contributed by atoms with Crippen LogP contribution in [0.3, 0.4) is 0 Å². The van der Waals surface area contributed by atoms with Gasteiger partial charge in [0.1, 0.15) is 17.2 Å². The third-order valence-electron chi connectivity index (χ3n) is 5.90. The quantitative estimate of drug-likeness (QED) is 0.457. The Balaban J connectivity index is 1.60. The van der Waals surface area contributed by atoms with Gasteiger partial charge in [-0.15, -0.1) is 0 Å². The van der Waals surface area contributed by atoms with Crippen molar-refractivity contribution in [3.63, 3.8) is 0 Å². The number of methoxy groups -OCH3 is 3. The molecule has 2 N–H and O–H groups in total. The fraction of sp³-hybridized carbons (Fsp3) is 0.480. The van der Waals surface area contributed by atoms with Gasteiger partial charge >= 0.3 is 0 Å². The van der Waals surface area contributed by atoms with Gasteiger partial charge in [0.05, 0.1) is 27.4 Å². The Morgan fingerprint density at radius 2 is 1.72 bits per heavy atom. The first-order chi connectivity index (χ1) is 15.6. The second-order valence-electron chi connectivity index (χ2n) is 7.91. The number of nitrogens with zero attached hydrogens (tertiary/aromatic N) is 2. The van der Waals surface area contributed by atoms with Gasteiger partial charge in [-0.1, -0.05) is 12.1 Å². The van der Waals surface area contributed by atoms with Crippen LogP contribution >= 0.6 is 0 Å². The van der Waals surface area contributed by atoms with E-state index >= 15 is 0 Å². The number of ether oxygens (including phenoxy) is 3. The molecule has 1 atom stereocenters. The van der Waals surface area contributed by atoms with Crippen LogP contribution in [0.1, 0.15) is 36.9 Å². The minimum Gasteiger partial charge on any atom is -0.496 e. The predicted molar refractivity (Wildman–Crippen MR) is 131 cm³/mol. The van der Waals surface area contributed by atoms with Gasteiger partial charge < -0.3 is 29.7 Å². The van der Waals surface area contributed by atoms with E-state index in [1.807, 2.05) is 12.1 Å². The van der Waals surface area contributed by atoms with Gasteiger partial charge in [0, 0.05) is 50.1 Å². The average Bonchev–Trinajstić information content (AvgIpc) is 3.38. The van der Waals surface area contributed by atoms with Crippen LogP contribution in [0.15, 0.2) is 41.4 Å². The summed E-state index contributed by atoms with van der Waals surface area (Å²) < 4.78 is 16.4. The lowest BCUT2D eigenvalue weighted by Crippen LogP contribution is -2.39. The zero-order chi connectivity index (χ0) is 22.9. The summed E-state index contributed by atoms with van der Waals surface area (Å²) in [5.41, 5.74) is 3.54. The first-order valence-corrected chi connectivity index (χ1v) is 11.2. The maximum absolute atomic E-state index is 5.55. The lowest BCUT2D eigenvalue weighted by molar-refractivity contribution is 0.368. The molecule has 174 valence electrons. The van der Waals surface area contributed by atoms with Crippen LogP contribution < -0.4 is 29.7 Å². The third kappa shape index (κ3) is 5.78. The molecule has 32 heavy (non-hydrogen) atoms. The van der Waals surface area contributed by atoms with E-state index in [0.29, 0.717) is 12.3 Å². The SMILES string of the molecule is CN=C(NCCc1c(OC)cc(OC)cc1OC)NC(C)c1cccc(N2CCCC2)c1. The maximum atomic E-state index is 5.55. The Morgan fingerprint density at radius 1 is 1.03 bits per heavy atom. The highest BCUT2D eigenvalue weighted by atomic mass is 16.5. The minimum absolute atomic E-state index is 0.133. The number of anilines is 1. The Hall–Kier alpha value is -3.09. The zero-order valence-corrected chi connectivity index (χ0v) is 19.9. The molecule has 0 aliphatic carbocycles. The van der Waals surface area contributed by atoms with Crippen molar-refractivity contribution < 1.29 is 14.2 Å². The van der Waals surface area contributed by atoms with Crippen molar-refractivity contribution in [1.82, 2.24) is 10.6 Å². The van der Waals surface area contributed by atoms with Crippen LogP contribution in [0.2, 0.25) is 0 Å². The summed E-state index contributed by atoms with van der Waals surface area (Å²) in [4.78, 5) is 6.86. The normalized spacial score (nSPS) is 14.8. The van der Waals surface area contributed by atoms with Gasteiger partial charge in [0.15, 0.2) is 5.96 Å². The summed E-state index contributed by atoms with van der Waals surface area (Å²) in [6.07, 6.45) is 3.27. The van der Waals surface area contributed by atoms with Crippen LogP contribution in [0, 0.1) is 0 Å². The number of hydrogen-bond acceptors (Lipinski definition) is 5. The van der Waals surface area contributed by atoms with E-state index in [1.54, 1.807) is 28.4 Å². The van der Waals surface area contributed by atoms with Gasteiger partial charge in [-0.2, -0.15) is 0 Å². The van der Waals surface area contributed by atoms with Crippen molar-refractivity contribution in [3.8, 4) is 17.2 Å². The summed E-state index contributed by atoms with van der Waals surface area (Å²) in [7, 11) is 6.73. The Kier molecular flexibility index (Phi) is 8.48. The summed E-state index contributed by atoms with van der Waals surface area (Å²) >= 11 is 0. The van der Waals surface area contributed by atoms with Gasteiger partial charge in [-0.25, -0.2) is 0 Å². The summed E-state index contributed by atoms with van der Waals surface area (Å²) in [6.45, 7) is 5.13. The molecular weight excluding hydrogens is 404 g/mol. The Morgan fingerprint density at radius 3 is 2.31 bits per heavy atom. The summed E-state index contributed by atoms with van der Waals surface area (Å²) in [6, 6.07) is 12.7. The molecule has 0 saturated carbocycles. The van der Waals surface area contributed by atoms with Gasteiger partial charge in [-0.3, -0.25) is 4.99 Å². The molecular formula is C25H36N4O3. The van der Waals surface area contributed by atoms with E-state index in [4.69, 9.17) is 14.2 Å². The van der Waals surface area contributed by atoms with Gasteiger partial charge in [-0.05, 0) is 43.9 Å².